The Bertz CT molecular complexity index is 1120. The van der Waals surface area contributed by atoms with Crippen LogP contribution in [0.2, 0.25) is 0 Å². The lowest BCUT2D eigenvalue weighted by molar-refractivity contribution is 0.450. The van der Waals surface area contributed by atoms with Gasteiger partial charge in [0.15, 0.2) is 5.58 Å². The summed E-state index contributed by atoms with van der Waals surface area (Å²) in [5, 5.41) is 0. The first-order valence-corrected chi connectivity index (χ1v) is 10.3. The molecule has 0 saturated carbocycles. The molecule has 1 aromatic heterocycles. The lowest BCUT2D eigenvalue weighted by Gasteiger charge is -2.26. The third-order valence-corrected chi connectivity index (χ3v) is 6.14. The fourth-order valence-corrected chi connectivity index (χ4v) is 4.62. The Labute approximate surface area is 158 Å². The molecule has 0 spiro atoms. The van der Waals surface area contributed by atoms with E-state index in [0.29, 0.717) is 18.5 Å². The fraction of sp³-hybridized carbons (Fsp3) is 0.350. The van der Waals surface area contributed by atoms with Crippen molar-refractivity contribution in [1.29, 1.82) is 0 Å². The summed E-state index contributed by atoms with van der Waals surface area (Å²) < 4.78 is 35.1. The van der Waals surface area contributed by atoms with E-state index in [1.54, 1.807) is 6.07 Å². The molecule has 2 aromatic carbocycles. The second kappa shape index (κ2) is 6.98. The van der Waals surface area contributed by atoms with Crippen LogP contribution in [0, 0.1) is 6.92 Å². The standard InChI is InChI=1S/C20H24N2O4S/c1-5-22-17-11-10-16(12-18(17)26-19(22)23)27(24,25)21-20(3,4)13-15-8-6-14(2)7-9-15/h6-12,21H,5,13H2,1-4H3. The van der Waals surface area contributed by atoms with E-state index < -0.39 is 21.3 Å². The normalized spacial score (nSPS) is 12.6. The molecular formula is C20H24N2O4S. The van der Waals surface area contributed by atoms with E-state index >= 15 is 0 Å². The Kier molecular flexibility index (Phi) is 5.01. The van der Waals surface area contributed by atoms with Gasteiger partial charge in [0.25, 0.3) is 0 Å². The Morgan fingerprint density at radius 1 is 1.11 bits per heavy atom. The van der Waals surface area contributed by atoms with Crippen molar-refractivity contribution in [2.75, 3.05) is 0 Å². The van der Waals surface area contributed by atoms with E-state index in [2.05, 4.69) is 4.72 Å². The van der Waals surface area contributed by atoms with Crippen LogP contribution in [0.4, 0.5) is 0 Å². The second-order valence-electron chi connectivity index (χ2n) is 7.39. The van der Waals surface area contributed by atoms with Crippen LogP contribution >= 0.6 is 0 Å². The smallest absolute Gasteiger partial charge is 0.408 e. The Balaban J connectivity index is 1.88. The van der Waals surface area contributed by atoms with Crippen LogP contribution in [0.15, 0.2) is 56.6 Å². The third kappa shape index (κ3) is 4.14. The molecule has 0 amide bonds. The lowest BCUT2D eigenvalue weighted by atomic mass is 9.96. The zero-order valence-corrected chi connectivity index (χ0v) is 16.8. The van der Waals surface area contributed by atoms with Crippen molar-refractivity contribution >= 4 is 21.1 Å². The number of oxazole rings is 1. The number of fused-ring (bicyclic) bond motifs is 1. The molecular weight excluding hydrogens is 364 g/mol. The number of aryl methyl sites for hydroxylation is 2. The van der Waals surface area contributed by atoms with Gasteiger partial charge in [-0.3, -0.25) is 4.57 Å². The summed E-state index contributed by atoms with van der Waals surface area (Å²) in [7, 11) is -3.77. The number of aromatic nitrogens is 1. The summed E-state index contributed by atoms with van der Waals surface area (Å²) in [4.78, 5) is 11.9. The van der Waals surface area contributed by atoms with E-state index in [1.165, 1.54) is 16.7 Å². The summed E-state index contributed by atoms with van der Waals surface area (Å²) in [6.45, 7) is 7.99. The molecule has 6 nitrogen and oxygen atoms in total. The molecule has 0 fully saturated rings. The zero-order valence-electron chi connectivity index (χ0n) is 15.9. The maximum Gasteiger partial charge on any atom is 0.419 e. The highest BCUT2D eigenvalue weighted by Gasteiger charge is 2.27. The van der Waals surface area contributed by atoms with Crippen LogP contribution in [0.1, 0.15) is 31.9 Å². The summed E-state index contributed by atoms with van der Waals surface area (Å²) >= 11 is 0. The van der Waals surface area contributed by atoms with Crippen LogP contribution in [0.25, 0.3) is 11.1 Å². The highest BCUT2D eigenvalue weighted by Crippen LogP contribution is 2.21. The van der Waals surface area contributed by atoms with Crippen LogP contribution in [-0.2, 0) is 23.0 Å². The van der Waals surface area contributed by atoms with Crippen LogP contribution < -0.4 is 10.5 Å². The number of nitrogens with one attached hydrogen (secondary N) is 1. The summed E-state index contributed by atoms with van der Waals surface area (Å²) in [6.07, 6.45) is 0.552. The van der Waals surface area contributed by atoms with Gasteiger partial charge >= 0.3 is 5.76 Å². The Morgan fingerprint density at radius 3 is 2.41 bits per heavy atom. The molecule has 0 radical (unpaired) electrons. The molecule has 3 aromatic rings. The molecule has 0 atom stereocenters. The van der Waals surface area contributed by atoms with Gasteiger partial charge in [0.1, 0.15) is 0 Å². The predicted octanol–water partition coefficient (Wildman–Crippen LogP) is 3.22. The van der Waals surface area contributed by atoms with Crippen molar-refractivity contribution in [3.05, 3.63) is 64.1 Å². The third-order valence-electron chi connectivity index (χ3n) is 4.44. The second-order valence-corrected chi connectivity index (χ2v) is 9.08. The van der Waals surface area contributed by atoms with Crippen molar-refractivity contribution in [2.24, 2.45) is 0 Å². The first-order valence-electron chi connectivity index (χ1n) is 8.84. The maximum absolute atomic E-state index is 12.9. The first-order chi connectivity index (χ1) is 12.6. The van der Waals surface area contributed by atoms with Crippen molar-refractivity contribution in [2.45, 2.75) is 51.1 Å². The average molecular weight is 388 g/mol. The van der Waals surface area contributed by atoms with Crippen molar-refractivity contribution in [1.82, 2.24) is 9.29 Å². The summed E-state index contributed by atoms with van der Waals surface area (Å²) in [6, 6.07) is 12.5. The fourth-order valence-electron chi connectivity index (χ4n) is 3.19. The molecule has 1 N–H and O–H groups in total. The first kappa shape index (κ1) is 19.4. The largest absolute Gasteiger partial charge is 0.419 e. The van der Waals surface area contributed by atoms with Gasteiger partial charge in [0, 0.05) is 18.2 Å². The van der Waals surface area contributed by atoms with Gasteiger partial charge in [-0.15, -0.1) is 0 Å². The van der Waals surface area contributed by atoms with Gasteiger partial charge in [-0.2, -0.15) is 0 Å². The molecule has 0 bridgehead atoms. The molecule has 144 valence electrons. The maximum atomic E-state index is 12.9. The van der Waals surface area contributed by atoms with E-state index in [0.717, 1.165) is 11.1 Å². The Morgan fingerprint density at radius 2 is 1.78 bits per heavy atom. The molecule has 3 rings (SSSR count). The van der Waals surface area contributed by atoms with Crippen molar-refractivity contribution in [3.63, 3.8) is 0 Å². The number of benzene rings is 2. The van der Waals surface area contributed by atoms with Crippen molar-refractivity contribution in [3.8, 4) is 0 Å². The number of rotatable bonds is 6. The molecule has 27 heavy (non-hydrogen) atoms. The van der Waals surface area contributed by atoms with Crippen LogP contribution in [0.3, 0.4) is 0 Å². The Hall–Kier alpha value is -2.38. The van der Waals surface area contributed by atoms with E-state index in [4.69, 9.17) is 4.42 Å². The molecule has 0 unspecified atom stereocenters. The molecule has 0 saturated heterocycles. The highest BCUT2D eigenvalue weighted by molar-refractivity contribution is 7.89. The van der Waals surface area contributed by atoms with Gasteiger partial charge < -0.3 is 4.42 Å². The number of hydrogen-bond acceptors (Lipinski definition) is 4. The molecule has 0 aliphatic heterocycles. The van der Waals surface area contributed by atoms with E-state index in [1.807, 2.05) is 52.0 Å². The molecule has 0 aliphatic rings. The van der Waals surface area contributed by atoms with Crippen LogP contribution in [0.5, 0.6) is 0 Å². The minimum atomic E-state index is -3.77. The number of sulfonamides is 1. The molecule has 0 aliphatic carbocycles. The zero-order chi connectivity index (χ0) is 19.8. The molecule has 1 heterocycles. The number of nitrogens with zero attached hydrogens (tertiary/aromatic N) is 1. The summed E-state index contributed by atoms with van der Waals surface area (Å²) in [5.41, 5.74) is 2.38. The minimum absolute atomic E-state index is 0.0731. The minimum Gasteiger partial charge on any atom is -0.408 e. The van der Waals surface area contributed by atoms with Gasteiger partial charge in [-0.1, -0.05) is 29.8 Å². The average Bonchev–Trinajstić information content (AvgIpc) is 2.89. The quantitative estimate of drug-likeness (QED) is 0.703. The van der Waals surface area contributed by atoms with Gasteiger partial charge in [-0.25, -0.2) is 17.9 Å². The predicted molar refractivity (Wildman–Crippen MR) is 105 cm³/mol. The topological polar surface area (TPSA) is 81.3 Å². The van der Waals surface area contributed by atoms with E-state index in [9.17, 15) is 13.2 Å². The monoisotopic (exact) mass is 388 g/mol. The van der Waals surface area contributed by atoms with E-state index in [-0.39, 0.29) is 10.5 Å². The van der Waals surface area contributed by atoms with Gasteiger partial charge in [0.2, 0.25) is 10.0 Å². The lowest BCUT2D eigenvalue weighted by Crippen LogP contribution is -2.44. The number of hydrogen-bond donors (Lipinski definition) is 1. The van der Waals surface area contributed by atoms with Crippen LogP contribution in [-0.4, -0.2) is 18.5 Å². The molecule has 7 heteroatoms. The summed E-state index contributed by atoms with van der Waals surface area (Å²) in [5.74, 6) is -0.491. The highest BCUT2D eigenvalue weighted by atomic mass is 32.2. The van der Waals surface area contributed by atoms with Gasteiger partial charge in [0.05, 0.1) is 10.4 Å². The van der Waals surface area contributed by atoms with Gasteiger partial charge in [-0.05, 0) is 51.8 Å². The van der Waals surface area contributed by atoms with Crippen molar-refractivity contribution < 1.29 is 12.8 Å². The SMILES string of the molecule is CCn1c(=O)oc2cc(S(=O)(=O)NC(C)(C)Cc3ccc(C)cc3)ccc21.